The van der Waals surface area contributed by atoms with Crippen molar-refractivity contribution in [1.82, 2.24) is 9.80 Å². The van der Waals surface area contributed by atoms with E-state index in [9.17, 15) is 14.7 Å². The van der Waals surface area contributed by atoms with Crippen LogP contribution in [0.2, 0.25) is 0 Å². The summed E-state index contributed by atoms with van der Waals surface area (Å²) in [6.07, 6.45) is 0. The van der Waals surface area contributed by atoms with Gasteiger partial charge < -0.3 is 24.2 Å². The number of benzene rings is 3. The number of ketones is 1. The third kappa shape index (κ3) is 5.82. The van der Waals surface area contributed by atoms with E-state index in [-0.39, 0.29) is 11.3 Å². The van der Waals surface area contributed by atoms with Crippen molar-refractivity contribution in [3.8, 4) is 11.5 Å². The molecule has 8 nitrogen and oxygen atoms in total. The number of aliphatic hydroxyl groups is 1. The predicted octanol–water partition coefficient (Wildman–Crippen LogP) is 4.03. The summed E-state index contributed by atoms with van der Waals surface area (Å²) >= 11 is 0. The minimum atomic E-state index is -0.781. The lowest BCUT2D eigenvalue weighted by atomic mass is 9.94. The lowest BCUT2D eigenvalue weighted by molar-refractivity contribution is -0.140. The Balaban J connectivity index is 1.45. The van der Waals surface area contributed by atoms with Gasteiger partial charge in [0.1, 0.15) is 23.9 Å². The van der Waals surface area contributed by atoms with Crippen LogP contribution < -0.4 is 9.47 Å². The first-order valence-electron chi connectivity index (χ1n) is 13.1. The number of ether oxygens (including phenoxy) is 3. The van der Waals surface area contributed by atoms with E-state index in [0.717, 1.165) is 18.7 Å². The number of morpholine rings is 1. The van der Waals surface area contributed by atoms with Crippen LogP contribution in [0.5, 0.6) is 11.5 Å². The SMILES string of the molecule is COc1ccccc1C1/C(=C(\O)c2ccc(OCc3ccccc3)cc2)C(=O)C(=O)N1CCN1CCOCC1. The Bertz CT molecular complexity index is 1330. The Labute approximate surface area is 228 Å². The van der Waals surface area contributed by atoms with Crippen molar-refractivity contribution in [2.24, 2.45) is 0 Å². The van der Waals surface area contributed by atoms with Crippen LogP contribution in [0.25, 0.3) is 5.76 Å². The third-order valence-corrected chi connectivity index (χ3v) is 7.11. The lowest BCUT2D eigenvalue weighted by Crippen LogP contribution is -2.42. The molecule has 2 heterocycles. The van der Waals surface area contributed by atoms with Gasteiger partial charge in [-0.3, -0.25) is 14.5 Å². The van der Waals surface area contributed by atoms with Crippen molar-refractivity contribution in [1.29, 1.82) is 0 Å². The molecule has 1 N–H and O–H groups in total. The maximum atomic E-state index is 13.4. The molecule has 39 heavy (non-hydrogen) atoms. The van der Waals surface area contributed by atoms with E-state index < -0.39 is 17.7 Å². The molecule has 2 saturated heterocycles. The topological polar surface area (TPSA) is 88.5 Å². The highest BCUT2D eigenvalue weighted by Gasteiger charge is 2.47. The van der Waals surface area contributed by atoms with Gasteiger partial charge in [0.25, 0.3) is 11.7 Å². The molecule has 1 atom stereocenters. The number of Topliss-reactive ketones (excluding diaryl/α,β-unsaturated/α-hetero) is 1. The van der Waals surface area contributed by atoms with Gasteiger partial charge in [0.05, 0.1) is 31.9 Å². The first-order chi connectivity index (χ1) is 19.1. The van der Waals surface area contributed by atoms with E-state index in [2.05, 4.69) is 4.90 Å². The summed E-state index contributed by atoms with van der Waals surface area (Å²) < 4.78 is 16.9. The van der Waals surface area contributed by atoms with Crippen molar-refractivity contribution in [2.75, 3.05) is 46.5 Å². The van der Waals surface area contributed by atoms with Crippen LogP contribution in [0.1, 0.15) is 22.7 Å². The van der Waals surface area contributed by atoms with E-state index in [0.29, 0.717) is 55.5 Å². The number of carbonyl (C=O) groups excluding carboxylic acids is 2. The van der Waals surface area contributed by atoms with Gasteiger partial charge in [0.2, 0.25) is 0 Å². The number of rotatable bonds is 9. The second-order valence-electron chi connectivity index (χ2n) is 9.49. The van der Waals surface area contributed by atoms with Gasteiger partial charge in [0.15, 0.2) is 0 Å². The monoisotopic (exact) mass is 528 g/mol. The van der Waals surface area contributed by atoms with Crippen LogP contribution in [0.4, 0.5) is 0 Å². The van der Waals surface area contributed by atoms with Crippen LogP contribution in [-0.4, -0.2) is 73.1 Å². The largest absolute Gasteiger partial charge is 0.507 e. The molecule has 202 valence electrons. The molecule has 0 spiro atoms. The number of para-hydroxylation sites is 1. The molecule has 0 radical (unpaired) electrons. The smallest absolute Gasteiger partial charge is 0.295 e. The number of nitrogens with zero attached hydrogens (tertiary/aromatic N) is 2. The maximum absolute atomic E-state index is 13.4. The zero-order valence-electron chi connectivity index (χ0n) is 21.9. The number of hydrogen-bond donors (Lipinski definition) is 1. The summed E-state index contributed by atoms with van der Waals surface area (Å²) in [6.45, 7) is 4.14. The number of likely N-dealkylation sites (tertiary alicyclic amines) is 1. The molecule has 1 amide bonds. The summed E-state index contributed by atoms with van der Waals surface area (Å²) in [5.41, 5.74) is 2.15. The molecular weight excluding hydrogens is 496 g/mol. The quantitative estimate of drug-likeness (QED) is 0.255. The fraction of sp³-hybridized carbons (Fsp3) is 0.290. The number of carbonyl (C=O) groups is 2. The first kappa shape index (κ1) is 26.5. The Morgan fingerprint density at radius 2 is 1.62 bits per heavy atom. The molecule has 2 aliphatic rings. The molecular formula is C31H32N2O6. The number of hydrogen-bond acceptors (Lipinski definition) is 7. The second kappa shape index (κ2) is 12.1. The number of amides is 1. The molecule has 5 rings (SSSR count). The number of aliphatic hydroxyl groups excluding tert-OH is 1. The average molecular weight is 529 g/mol. The molecule has 0 aromatic heterocycles. The average Bonchev–Trinajstić information content (AvgIpc) is 3.24. The molecule has 0 bridgehead atoms. The van der Waals surface area contributed by atoms with Crippen molar-refractivity contribution in [3.63, 3.8) is 0 Å². The Morgan fingerprint density at radius 3 is 2.33 bits per heavy atom. The first-order valence-corrected chi connectivity index (χ1v) is 13.1. The third-order valence-electron chi connectivity index (χ3n) is 7.11. The number of methoxy groups -OCH3 is 1. The highest BCUT2D eigenvalue weighted by molar-refractivity contribution is 6.46. The predicted molar refractivity (Wildman–Crippen MR) is 146 cm³/mol. The summed E-state index contributed by atoms with van der Waals surface area (Å²) in [7, 11) is 1.55. The Kier molecular flexibility index (Phi) is 8.24. The summed E-state index contributed by atoms with van der Waals surface area (Å²) in [5.74, 6) is -0.412. The van der Waals surface area contributed by atoms with E-state index in [1.165, 1.54) is 0 Å². The van der Waals surface area contributed by atoms with Crippen molar-refractivity contribution in [3.05, 3.63) is 101 Å². The fourth-order valence-corrected chi connectivity index (χ4v) is 5.01. The molecule has 1 unspecified atom stereocenters. The molecule has 0 saturated carbocycles. The molecule has 3 aromatic carbocycles. The van der Waals surface area contributed by atoms with Crippen LogP contribution >= 0.6 is 0 Å². The van der Waals surface area contributed by atoms with Crippen LogP contribution in [0.3, 0.4) is 0 Å². The van der Waals surface area contributed by atoms with Gasteiger partial charge in [-0.05, 0) is 35.9 Å². The van der Waals surface area contributed by atoms with E-state index in [1.54, 1.807) is 42.3 Å². The standard InChI is InChI=1S/C31H32N2O6/c1-37-26-10-6-5-9-25(26)28-27(30(35)31(36)33(28)16-15-32-17-19-38-20-18-32)29(34)23-11-13-24(14-12-23)39-21-22-7-3-2-4-8-22/h2-14,28,34H,15-21H2,1H3/b29-27+. The van der Waals surface area contributed by atoms with Crippen LogP contribution in [-0.2, 0) is 20.9 Å². The highest BCUT2D eigenvalue weighted by Crippen LogP contribution is 2.42. The van der Waals surface area contributed by atoms with Gasteiger partial charge in [-0.25, -0.2) is 0 Å². The van der Waals surface area contributed by atoms with E-state index in [4.69, 9.17) is 14.2 Å². The summed E-state index contributed by atoms with van der Waals surface area (Å²) in [4.78, 5) is 30.4. The second-order valence-corrected chi connectivity index (χ2v) is 9.49. The highest BCUT2D eigenvalue weighted by atomic mass is 16.5. The molecule has 3 aromatic rings. The summed E-state index contributed by atoms with van der Waals surface area (Å²) in [5, 5.41) is 11.4. The normalized spacial score (nSPS) is 19.3. The van der Waals surface area contributed by atoms with Crippen molar-refractivity contribution < 1.29 is 28.9 Å². The van der Waals surface area contributed by atoms with Gasteiger partial charge in [-0.15, -0.1) is 0 Å². The van der Waals surface area contributed by atoms with Gasteiger partial charge in [-0.2, -0.15) is 0 Å². The van der Waals surface area contributed by atoms with Crippen LogP contribution in [0.15, 0.2) is 84.4 Å². The molecule has 8 heteroatoms. The molecule has 0 aliphatic carbocycles. The van der Waals surface area contributed by atoms with E-state index in [1.807, 2.05) is 48.5 Å². The van der Waals surface area contributed by atoms with Crippen molar-refractivity contribution in [2.45, 2.75) is 12.6 Å². The van der Waals surface area contributed by atoms with Gasteiger partial charge in [0, 0.05) is 37.3 Å². The Hall–Kier alpha value is -4.14. The maximum Gasteiger partial charge on any atom is 0.295 e. The minimum Gasteiger partial charge on any atom is -0.507 e. The van der Waals surface area contributed by atoms with Gasteiger partial charge in [-0.1, -0.05) is 48.5 Å². The van der Waals surface area contributed by atoms with Crippen molar-refractivity contribution >= 4 is 17.4 Å². The van der Waals surface area contributed by atoms with Gasteiger partial charge >= 0.3 is 0 Å². The molecule has 2 aliphatic heterocycles. The van der Waals surface area contributed by atoms with E-state index >= 15 is 0 Å². The molecule has 2 fully saturated rings. The zero-order valence-corrected chi connectivity index (χ0v) is 21.9. The lowest BCUT2D eigenvalue weighted by Gasteiger charge is -2.31. The Morgan fingerprint density at radius 1 is 0.923 bits per heavy atom. The zero-order chi connectivity index (χ0) is 27.2. The fourth-order valence-electron chi connectivity index (χ4n) is 5.01. The summed E-state index contributed by atoms with van der Waals surface area (Å²) in [6, 6.07) is 23.2. The van der Waals surface area contributed by atoms with Crippen LogP contribution in [0, 0.1) is 0 Å². The minimum absolute atomic E-state index is 0.0458.